The van der Waals surface area contributed by atoms with Gasteiger partial charge in [-0.1, -0.05) is 0 Å². The molecule has 0 radical (unpaired) electrons. The molecule has 3 aromatic carbocycles. The highest BCUT2D eigenvalue weighted by Crippen LogP contribution is 2.49. The van der Waals surface area contributed by atoms with Gasteiger partial charge < -0.3 is 4.74 Å². The molecule has 2 aliphatic heterocycles. The molecule has 5 rings (SSSR count). The molecule has 140 valence electrons. The maximum atomic E-state index is 13.4. The van der Waals surface area contributed by atoms with Crippen LogP contribution in [0.1, 0.15) is 37.4 Å². The third-order valence-corrected chi connectivity index (χ3v) is 7.06. The fourth-order valence-electron chi connectivity index (χ4n) is 3.99. The van der Waals surface area contributed by atoms with E-state index in [-0.39, 0.29) is 59.5 Å². The SMILES string of the molecule is N#Cc1ccc2c(c1)-c1c(C#N)cc3c4c(cc(C#N)c(c14)S2(=O)=O)C(=O)OC3=O. The van der Waals surface area contributed by atoms with Gasteiger partial charge in [-0.25, -0.2) is 18.0 Å². The zero-order valence-electron chi connectivity index (χ0n) is 14.7. The van der Waals surface area contributed by atoms with E-state index < -0.39 is 21.8 Å². The lowest BCUT2D eigenvalue weighted by atomic mass is 9.86. The Bertz CT molecular complexity index is 1630. The highest BCUT2D eigenvalue weighted by molar-refractivity contribution is 7.92. The first-order chi connectivity index (χ1) is 14.3. The summed E-state index contributed by atoms with van der Waals surface area (Å²) in [6.07, 6.45) is 0. The van der Waals surface area contributed by atoms with Gasteiger partial charge in [0.1, 0.15) is 6.07 Å². The van der Waals surface area contributed by atoms with Gasteiger partial charge in [0.2, 0.25) is 9.84 Å². The minimum Gasteiger partial charge on any atom is -0.386 e. The smallest absolute Gasteiger partial charge is 0.346 e. The van der Waals surface area contributed by atoms with E-state index in [2.05, 4.69) is 0 Å². The number of hydrogen-bond acceptors (Lipinski definition) is 8. The Hall–Kier alpha value is -4.52. The predicted molar refractivity (Wildman–Crippen MR) is 98.7 cm³/mol. The summed E-state index contributed by atoms with van der Waals surface area (Å²) in [6, 6.07) is 11.9. The normalized spacial score (nSPS) is 14.8. The van der Waals surface area contributed by atoms with E-state index >= 15 is 0 Å². The summed E-state index contributed by atoms with van der Waals surface area (Å²) in [5, 5.41) is 28.6. The molecule has 0 aliphatic carbocycles. The van der Waals surface area contributed by atoms with Crippen LogP contribution >= 0.6 is 0 Å². The lowest BCUT2D eigenvalue weighted by molar-refractivity contribution is 0.0391. The van der Waals surface area contributed by atoms with Crippen LogP contribution in [0, 0.1) is 34.0 Å². The summed E-state index contributed by atoms with van der Waals surface area (Å²) < 4.78 is 31.6. The van der Waals surface area contributed by atoms with Crippen LogP contribution in [0.15, 0.2) is 40.1 Å². The molecule has 8 nitrogen and oxygen atoms in total. The molecule has 0 spiro atoms. The molecule has 30 heavy (non-hydrogen) atoms. The van der Waals surface area contributed by atoms with Crippen LogP contribution in [-0.4, -0.2) is 20.4 Å². The van der Waals surface area contributed by atoms with Crippen molar-refractivity contribution in [3.05, 3.63) is 58.1 Å². The summed E-state index contributed by atoms with van der Waals surface area (Å²) in [5.41, 5.74) is -0.223. The maximum Gasteiger partial charge on any atom is 0.346 e. The molecule has 3 aromatic rings. The Morgan fingerprint density at radius 1 is 0.767 bits per heavy atom. The van der Waals surface area contributed by atoms with Crippen molar-refractivity contribution in [3.8, 4) is 29.3 Å². The second-order valence-corrected chi connectivity index (χ2v) is 8.48. The van der Waals surface area contributed by atoms with Crippen molar-refractivity contribution in [1.29, 1.82) is 15.8 Å². The van der Waals surface area contributed by atoms with Crippen LogP contribution in [0.2, 0.25) is 0 Å². The lowest BCUT2D eigenvalue weighted by Crippen LogP contribution is -2.23. The number of esters is 2. The van der Waals surface area contributed by atoms with E-state index in [1.54, 1.807) is 6.07 Å². The van der Waals surface area contributed by atoms with Crippen LogP contribution in [0.25, 0.3) is 21.9 Å². The quantitative estimate of drug-likeness (QED) is 0.316. The Balaban J connectivity index is 2.19. The van der Waals surface area contributed by atoms with Gasteiger partial charge in [-0.15, -0.1) is 0 Å². The lowest BCUT2D eigenvalue weighted by Gasteiger charge is -2.26. The van der Waals surface area contributed by atoms with Gasteiger partial charge in [-0.05, 0) is 30.3 Å². The van der Waals surface area contributed by atoms with E-state index in [0.29, 0.717) is 0 Å². The molecule has 0 amide bonds. The van der Waals surface area contributed by atoms with Gasteiger partial charge in [0.05, 0.1) is 49.7 Å². The number of nitrogens with zero attached hydrogens (tertiary/aromatic N) is 3. The Labute approximate surface area is 168 Å². The second kappa shape index (κ2) is 5.51. The fourth-order valence-corrected chi connectivity index (χ4v) is 5.78. The van der Waals surface area contributed by atoms with Gasteiger partial charge in [0, 0.05) is 21.9 Å². The first-order valence-corrected chi connectivity index (χ1v) is 9.85. The molecule has 0 bridgehead atoms. The molecule has 0 N–H and O–H groups in total. The van der Waals surface area contributed by atoms with Gasteiger partial charge in [0.15, 0.2) is 0 Å². The molecule has 9 heteroatoms. The van der Waals surface area contributed by atoms with Gasteiger partial charge >= 0.3 is 11.9 Å². The maximum absolute atomic E-state index is 13.4. The number of sulfone groups is 1. The van der Waals surface area contributed by atoms with Gasteiger partial charge in [-0.3, -0.25) is 0 Å². The summed E-state index contributed by atoms with van der Waals surface area (Å²) in [4.78, 5) is 24.1. The number of carbonyl (C=O) groups is 2. The summed E-state index contributed by atoms with van der Waals surface area (Å²) >= 11 is 0. The van der Waals surface area contributed by atoms with Crippen LogP contribution in [0.5, 0.6) is 0 Å². The standard InChI is InChI=1S/C21H5N3O5S/c22-6-9-1-2-15-12(3-9)16-10(7-23)4-13-17-14(21(26)29-20(13)25)5-11(8-24)19(18(16)17)30(15,27)28/h1-5H. The topological polar surface area (TPSA) is 149 Å². The molecule has 0 aromatic heterocycles. The first kappa shape index (κ1) is 17.6. The largest absolute Gasteiger partial charge is 0.386 e. The summed E-state index contributed by atoms with van der Waals surface area (Å²) in [5.74, 6) is -2.03. The van der Waals surface area contributed by atoms with Crippen molar-refractivity contribution in [3.63, 3.8) is 0 Å². The van der Waals surface area contributed by atoms with Crippen LogP contribution < -0.4 is 0 Å². The summed E-state index contributed by atoms with van der Waals surface area (Å²) in [6.45, 7) is 0. The Morgan fingerprint density at radius 3 is 2.00 bits per heavy atom. The van der Waals surface area contributed by atoms with E-state index in [0.717, 1.165) is 6.07 Å². The molecule has 0 unspecified atom stereocenters. The molecule has 0 saturated heterocycles. The van der Waals surface area contributed by atoms with Crippen LogP contribution in [0.3, 0.4) is 0 Å². The molecule has 2 heterocycles. The van der Waals surface area contributed by atoms with Crippen molar-refractivity contribution in [1.82, 2.24) is 0 Å². The number of fused-ring (bicyclic) bond motifs is 2. The van der Waals surface area contributed by atoms with E-state index in [4.69, 9.17) is 4.74 Å². The monoisotopic (exact) mass is 411 g/mol. The van der Waals surface area contributed by atoms with Gasteiger partial charge in [-0.2, -0.15) is 15.8 Å². The van der Waals surface area contributed by atoms with Crippen molar-refractivity contribution >= 4 is 32.5 Å². The Kier molecular flexibility index (Phi) is 3.23. The highest BCUT2D eigenvalue weighted by atomic mass is 32.2. The number of hydrogen-bond donors (Lipinski definition) is 0. The minimum absolute atomic E-state index is 0.0100. The number of carbonyl (C=O) groups excluding carboxylic acids is 2. The molecule has 0 atom stereocenters. The van der Waals surface area contributed by atoms with Crippen molar-refractivity contribution in [2.24, 2.45) is 0 Å². The van der Waals surface area contributed by atoms with Crippen molar-refractivity contribution in [2.45, 2.75) is 9.79 Å². The Morgan fingerprint density at radius 2 is 1.40 bits per heavy atom. The molecule has 0 fully saturated rings. The number of benzene rings is 3. The molecule has 2 aliphatic rings. The minimum atomic E-state index is -4.26. The number of cyclic esters (lactones) is 2. The zero-order chi connectivity index (χ0) is 21.4. The third-order valence-electron chi connectivity index (χ3n) is 5.16. The average molecular weight is 411 g/mol. The first-order valence-electron chi connectivity index (χ1n) is 8.37. The zero-order valence-corrected chi connectivity index (χ0v) is 15.5. The summed E-state index contributed by atoms with van der Waals surface area (Å²) in [7, 11) is -4.26. The van der Waals surface area contributed by atoms with Crippen LogP contribution in [-0.2, 0) is 14.6 Å². The average Bonchev–Trinajstić information content (AvgIpc) is 2.74. The highest BCUT2D eigenvalue weighted by Gasteiger charge is 2.40. The van der Waals surface area contributed by atoms with E-state index in [1.807, 2.05) is 12.1 Å². The second-order valence-electron chi connectivity index (χ2n) is 6.62. The number of nitriles is 3. The number of ether oxygens (including phenoxy) is 1. The molecular formula is C21H5N3O5S. The fraction of sp³-hybridized carbons (Fsp3) is 0. The molecular weight excluding hydrogens is 406 g/mol. The predicted octanol–water partition coefficient (Wildman–Crippen LogP) is 2.58. The van der Waals surface area contributed by atoms with Crippen LogP contribution in [0.4, 0.5) is 0 Å². The number of rotatable bonds is 0. The molecule has 0 saturated carbocycles. The van der Waals surface area contributed by atoms with Crippen molar-refractivity contribution in [2.75, 3.05) is 0 Å². The van der Waals surface area contributed by atoms with Crippen molar-refractivity contribution < 1.29 is 22.7 Å². The van der Waals surface area contributed by atoms with E-state index in [9.17, 15) is 33.8 Å². The van der Waals surface area contributed by atoms with Gasteiger partial charge in [0.25, 0.3) is 0 Å². The van der Waals surface area contributed by atoms with E-state index in [1.165, 1.54) is 24.3 Å². The third kappa shape index (κ3) is 1.93.